The minimum atomic E-state index is 0.0394. The summed E-state index contributed by atoms with van der Waals surface area (Å²) in [4.78, 5) is 14.4. The Kier molecular flexibility index (Phi) is 5.16. The van der Waals surface area contributed by atoms with Crippen molar-refractivity contribution in [2.24, 2.45) is 5.92 Å². The number of carbonyl (C=O) groups excluding carboxylic acids is 1. The lowest BCUT2D eigenvalue weighted by atomic mass is 9.91. The molecule has 5 nitrogen and oxygen atoms in total. The zero-order valence-corrected chi connectivity index (χ0v) is 13.2. The van der Waals surface area contributed by atoms with Gasteiger partial charge in [0.2, 0.25) is 5.91 Å². The van der Waals surface area contributed by atoms with Gasteiger partial charge in [0.25, 0.3) is 0 Å². The molecule has 0 aliphatic carbocycles. The van der Waals surface area contributed by atoms with Gasteiger partial charge in [-0.1, -0.05) is 6.92 Å². The highest BCUT2D eigenvalue weighted by Crippen LogP contribution is 2.34. The largest absolute Gasteiger partial charge is 0.467 e. The van der Waals surface area contributed by atoms with Crippen LogP contribution in [-0.4, -0.2) is 43.3 Å². The van der Waals surface area contributed by atoms with Crippen molar-refractivity contribution >= 4 is 5.91 Å². The van der Waals surface area contributed by atoms with Gasteiger partial charge in [0, 0.05) is 13.2 Å². The molecule has 2 aliphatic heterocycles. The summed E-state index contributed by atoms with van der Waals surface area (Å²) in [5.74, 6) is 1.53. The van der Waals surface area contributed by atoms with Crippen LogP contribution in [0.1, 0.15) is 44.4 Å². The molecule has 1 aromatic rings. The number of rotatable bonds is 5. The van der Waals surface area contributed by atoms with Gasteiger partial charge in [-0.25, -0.2) is 0 Å². The van der Waals surface area contributed by atoms with E-state index in [-0.39, 0.29) is 24.7 Å². The lowest BCUT2D eigenvalue weighted by molar-refractivity contribution is -0.142. The molecular formula is C17H25NO4. The molecule has 1 amide bonds. The summed E-state index contributed by atoms with van der Waals surface area (Å²) < 4.78 is 16.6. The quantitative estimate of drug-likeness (QED) is 0.839. The van der Waals surface area contributed by atoms with Crippen LogP contribution in [0.5, 0.6) is 0 Å². The van der Waals surface area contributed by atoms with Gasteiger partial charge in [-0.3, -0.25) is 4.79 Å². The SMILES string of the molecule is C[C@@H]1CCN(C(=O)COC[C@H]2CCCO2)[C@@H](c2ccco2)C1. The zero-order chi connectivity index (χ0) is 15.4. The van der Waals surface area contributed by atoms with Crippen LogP contribution in [0.4, 0.5) is 0 Å². The fourth-order valence-corrected chi connectivity index (χ4v) is 3.33. The number of furan rings is 1. The minimum absolute atomic E-state index is 0.0394. The highest BCUT2D eigenvalue weighted by atomic mass is 16.5. The molecule has 3 rings (SSSR count). The Morgan fingerprint density at radius 2 is 2.36 bits per heavy atom. The lowest BCUT2D eigenvalue weighted by Gasteiger charge is -2.37. The third-order valence-corrected chi connectivity index (χ3v) is 4.61. The molecule has 0 radical (unpaired) electrons. The summed E-state index contributed by atoms with van der Waals surface area (Å²) in [6.07, 6.45) is 5.94. The second-order valence-corrected chi connectivity index (χ2v) is 6.40. The molecule has 2 fully saturated rings. The molecule has 0 spiro atoms. The van der Waals surface area contributed by atoms with E-state index < -0.39 is 0 Å². The molecule has 3 atom stereocenters. The van der Waals surface area contributed by atoms with Crippen molar-refractivity contribution < 1.29 is 18.7 Å². The molecular weight excluding hydrogens is 282 g/mol. The summed E-state index contributed by atoms with van der Waals surface area (Å²) in [6, 6.07) is 3.87. The molecule has 0 aromatic carbocycles. The summed E-state index contributed by atoms with van der Waals surface area (Å²) >= 11 is 0. The van der Waals surface area contributed by atoms with E-state index in [2.05, 4.69) is 6.92 Å². The predicted octanol–water partition coefficient (Wildman–Crippen LogP) is 2.77. The number of nitrogens with zero attached hydrogens (tertiary/aromatic N) is 1. The molecule has 122 valence electrons. The first kappa shape index (κ1) is 15.6. The standard InChI is InChI=1S/C17H25NO4/c1-13-6-7-18(15(10-13)16-5-3-9-22-16)17(19)12-20-11-14-4-2-8-21-14/h3,5,9,13-15H,2,4,6-8,10-12H2,1H3/t13-,14-,15-/m1/s1. The molecule has 22 heavy (non-hydrogen) atoms. The molecule has 1 aromatic heterocycles. The molecule has 5 heteroatoms. The minimum Gasteiger partial charge on any atom is -0.467 e. The second-order valence-electron chi connectivity index (χ2n) is 6.40. The number of amides is 1. The van der Waals surface area contributed by atoms with Crippen molar-refractivity contribution in [3.05, 3.63) is 24.2 Å². The number of hydrogen-bond donors (Lipinski definition) is 0. The van der Waals surface area contributed by atoms with Crippen LogP contribution >= 0.6 is 0 Å². The van der Waals surface area contributed by atoms with E-state index in [4.69, 9.17) is 13.9 Å². The molecule has 0 unspecified atom stereocenters. The number of carbonyl (C=O) groups is 1. The molecule has 2 saturated heterocycles. The second kappa shape index (κ2) is 7.29. The molecule has 0 bridgehead atoms. The van der Waals surface area contributed by atoms with E-state index in [1.165, 1.54) is 0 Å². The molecule has 0 N–H and O–H groups in total. The maximum Gasteiger partial charge on any atom is 0.249 e. The predicted molar refractivity (Wildman–Crippen MR) is 81.4 cm³/mol. The smallest absolute Gasteiger partial charge is 0.249 e. The Morgan fingerprint density at radius 3 is 3.09 bits per heavy atom. The van der Waals surface area contributed by atoms with E-state index in [1.807, 2.05) is 17.0 Å². The first-order chi connectivity index (χ1) is 10.7. The molecule has 0 saturated carbocycles. The van der Waals surface area contributed by atoms with Crippen LogP contribution in [0.25, 0.3) is 0 Å². The average Bonchev–Trinajstić information content (AvgIpc) is 3.20. The lowest BCUT2D eigenvalue weighted by Crippen LogP contribution is -2.42. The van der Waals surface area contributed by atoms with Crippen molar-refractivity contribution in [2.45, 2.75) is 44.8 Å². The third-order valence-electron chi connectivity index (χ3n) is 4.61. The Hall–Kier alpha value is -1.33. The number of likely N-dealkylation sites (tertiary alicyclic amines) is 1. The first-order valence-corrected chi connectivity index (χ1v) is 8.26. The van der Waals surface area contributed by atoms with Crippen LogP contribution in [0, 0.1) is 5.92 Å². The molecule has 3 heterocycles. The van der Waals surface area contributed by atoms with Crippen molar-refractivity contribution in [3.8, 4) is 0 Å². The van der Waals surface area contributed by atoms with Crippen LogP contribution in [0.3, 0.4) is 0 Å². The van der Waals surface area contributed by atoms with Gasteiger partial charge in [-0.05, 0) is 43.7 Å². The van der Waals surface area contributed by atoms with E-state index in [9.17, 15) is 4.79 Å². The van der Waals surface area contributed by atoms with Crippen molar-refractivity contribution in [2.75, 3.05) is 26.4 Å². The summed E-state index contributed by atoms with van der Waals surface area (Å²) in [5.41, 5.74) is 0. The van der Waals surface area contributed by atoms with Gasteiger partial charge in [0.05, 0.1) is 25.0 Å². The normalized spacial score (nSPS) is 29.0. The van der Waals surface area contributed by atoms with Gasteiger partial charge in [-0.15, -0.1) is 0 Å². The highest BCUT2D eigenvalue weighted by molar-refractivity contribution is 5.78. The van der Waals surface area contributed by atoms with Gasteiger partial charge in [-0.2, -0.15) is 0 Å². The third kappa shape index (κ3) is 3.70. The Morgan fingerprint density at radius 1 is 1.45 bits per heavy atom. The van der Waals surface area contributed by atoms with E-state index in [0.29, 0.717) is 12.5 Å². The Labute approximate surface area is 131 Å². The summed E-state index contributed by atoms with van der Waals surface area (Å²) in [6.45, 7) is 4.46. The Balaban J connectivity index is 1.54. The van der Waals surface area contributed by atoms with Crippen LogP contribution in [0.15, 0.2) is 22.8 Å². The zero-order valence-electron chi connectivity index (χ0n) is 13.2. The fraction of sp³-hybridized carbons (Fsp3) is 0.706. The van der Waals surface area contributed by atoms with Gasteiger partial charge in [0.1, 0.15) is 12.4 Å². The number of ether oxygens (including phenoxy) is 2. The number of hydrogen-bond acceptors (Lipinski definition) is 4. The van der Waals surface area contributed by atoms with Gasteiger partial charge >= 0.3 is 0 Å². The average molecular weight is 307 g/mol. The highest BCUT2D eigenvalue weighted by Gasteiger charge is 2.32. The van der Waals surface area contributed by atoms with Crippen LogP contribution in [0.2, 0.25) is 0 Å². The van der Waals surface area contributed by atoms with E-state index in [1.54, 1.807) is 6.26 Å². The summed E-state index contributed by atoms with van der Waals surface area (Å²) in [5, 5.41) is 0. The van der Waals surface area contributed by atoms with Crippen molar-refractivity contribution in [1.82, 2.24) is 4.90 Å². The van der Waals surface area contributed by atoms with Gasteiger partial charge < -0.3 is 18.8 Å². The number of piperidine rings is 1. The monoisotopic (exact) mass is 307 g/mol. The van der Waals surface area contributed by atoms with Crippen LogP contribution < -0.4 is 0 Å². The van der Waals surface area contributed by atoms with Crippen LogP contribution in [-0.2, 0) is 14.3 Å². The maximum absolute atomic E-state index is 12.5. The van der Waals surface area contributed by atoms with E-state index in [0.717, 1.165) is 44.6 Å². The Bertz CT molecular complexity index is 467. The van der Waals surface area contributed by atoms with E-state index >= 15 is 0 Å². The summed E-state index contributed by atoms with van der Waals surface area (Å²) in [7, 11) is 0. The first-order valence-electron chi connectivity index (χ1n) is 8.26. The maximum atomic E-state index is 12.5. The topological polar surface area (TPSA) is 51.9 Å². The van der Waals surface area contributed by atoms with Crippen molar-refractivity contribution in [3.63, 3.8) is 0 Å². The fourth-order valence-electron chi connectivity index (χ4n) is 3.33. The van der Waals surface area contributed by atoms with Crippen molar-refractivity contribution in [1.29, 1.82) is 0 Å². The molecule has 2 aliphatic rings. The van der Waals surface area contributed by atoms with Gasteiger partial charge in [0.15, 0.2) is 0 Å².